The van der Waals surface area contributed by atoms with Crippen LogP contribution in [0.15, 0.2) is 155 Å². The van der Waals surface area contributed by atoms with Gasteiger partial charge in [-0.2, -0.15) is 0 Å². The molecule has 5 nitrogen and oxygen atoms in total. The Hall–Kier alpha value is -6.27. The van der Waals surface area contributed by atoms with Crippen molar-refractivity contribution in [3.8, 4) is 33.6 Å². The standard InChI is InChI=1S/C31H22FN2O.C19H14NO.Ir/c1-31(2,22-7-4-3-5-8-22)28-16-15-25-24-9-6-10-26(29(24)35-30(25)34-28)27-19-21(17-18-33-27)20-11-13-23(32)14-12-20;1-12-6-8-14-15-4-3-5-16(19(15)21-18(14)10-12)17-9-7-13(2)11-20-17;/h3-9,11-19H,1-2H3;3-4,6-11H,1-2H3;/q2*-1;. The van der Waals surface area contributed by atoms with Crippen molar-refractivity contribution in [1.29, 1.82) is 0 Å². The number of pyridine rings is 3. The molecule has 57 heavy (non-hydrogen) atoms. The van der Waals surface area contributed by atoms with Gasteiger partial charge in [0, 0.05) is 48.7 Å². The van der Waals surface area contributed by atoms with Crippen molar-refractivity contribution in [3.05, 3.63) is 186 Å². The summed E-state index contributed by atoms with van der Waals surface area (Å²) < 4.78 is 25.8. The minimum absolute atomic E-state index is 0. The van der Waals surface area contributed by atoms with Crippen LogP contribution in [0, 0.1) is 31.8 Å². The average Bonchev–Trinajstić information content (AvgIpc) is 3.80. The third-order valence-electron chi connectivity index (χ3n) is 10.4. The Kier molecular flexibility index (Phi) is 10.1. The van der Waals surface area contributed by atoms with Crippen molar-refractivity contribution in [2.45, 2.75) is 33.1 Å². The molecule has 0 amide bonds. The molecule has 10 rings (SSSR count). The molecule has 5 aromatic carbocycles. The van der Waals surface area contributed by atoms with Crippen LogP contribution >= 0.6 is 0 Å². The van der Waals surface area contributed by atoms with Crippen molar-refractivity contribution in [3.63, 3.8) is 0 Å². The van der Waals surface area contributed by atoms with E-state index in [0.717, 1.165) is 77.6 Å². The largest absolute Gasteiger partial charge is 0.501 e. The molecule has 5 heterocycles. The molecule has 7 heteroatoms. The smallest absolute Gasteiger partial charge is 0.216 e. The maximum absolute atomic E-state index is 13.4. The second-order valence-electron chi connectivity index (χ2n) is 14.6. The van der Waals surface area contributed by atoms with Crippen LogP contribution in [0.25, 0.3) is 77.6 Å². The van der Waals surface area contributed by atoms with Gasteiger partial charge in [-0.15, -0.1) is 36.4 Å². The van der Waals surface area contributed by atoms with Gasteiger partial charge in [-0.05, 0) is 89.5 Å². The van der Waals surface area contributed by atoms with Crippen molar-refractivity contribution in [2.24, 2.45) is 0 Å². The summed E-state index contributed by atoms with van der Waals surface area (Å²) in [5, 5.41) is 4.18. The van der Waals surface area contributed by atoms with Gasteiger partial charge < -0.3 is 18.8 Å². The third-order valence-corrected chi connectivity index (χ3v) is 10.4. The van der Waals surface area contributed by atoms with Gasteiger partial charge in [-0.1, -0.05) is 109 Å². The van der Waals surface area contributed by atoms with Crippen molar-refractivity contribution in [2.75, 3.05) is 0 Å². The maximum atomic E-state index is 13.4. The second-order valence-corrected chi connectivity index (χ2v) is 14.6. The molecule has 0 bridgehead atoms. The first kappa shape index (κ1) is 37.6. The van der Waals surface area contributed by atoms with E-state index in [9.17, 15) is 4.39 Å². The summed E-state index contributed by atoms with van der Waals surface area (Å²) in [4.78, 5) is 14.0. The van der Waals surface area contributed by atoms with Gasteiger partial charge in [-0.3, -0.25) is 0 Å². The Morgan fingerprint density at radius 1 is 0.596 bits per heavy atom. The predicted octanol–water partition coefficient (Wildman–Crippen LogP) is 13.0. The quantitative estimate of drug-likeness (QED) is 0.161. The van der Waals surface area contributed by atoms with E-state index in [1.807, 2.05) is 73.8 Å². The van der Waals surface area contributed by atoms with Gasteiger partial charge in [0.15, 0.2) is 0 Å². The fourth-order valence-corrected chi connectivity index (χ4v) is 7.21. The van der Waals surface area contributed by atoms with E-state index in [2.05, 4.69) is 91.4 Å². The molecule has 0 aliphatic rings. The summed E-state index contributed by atoms with van der Waals surface area (Å²) in [5.41, 5.74) is 12.5. The maximum Gasteiger partial charge on any atom is 0.216 e. The van der Waals surface area contributed by atoms with Crippen molar-refractivity contribution >= 4 is 44.0 Å². The number of rotatable bonds is 5. The Morgan fingerprint density at radius 3 is 2.02 bits per heavy atom. The third kappa shape index (κ3) is 7.17. The van der Waals surface area contributed by atoms with E-state index < -0.39 is 0 Å². The Bertz CT molecular complexity index is 3030. The fourth-order valence-electron chi connectivity index (χ4n) is 7.21. The zero-order chi connectivity index (χ0) is 38.4. The topological polar surface area (TPSA) is 65.0 Å². The van der Waals surface area contributed by atoms with E-state index in [-0.39, 0.29) is 31.3 Å². The SMILES string of the molecule is CC(C)(c1ccccc1)c1ccc2c(n1)oc1c(-c3cc(-c4ccc(F)cc4)ccn3)[c-]ccc12.Cc1ccc(-c2[c-]ccc3c2oc2cc(C)ccc23)nc1.[Ir]. The number of hydrogen-bond acceptors (Lipinski definition) is 5. The van der Waals surface area contributed by atoms with E-state index in [1.165, 1.54) is 23.3 Å². The molecular formula is C50H36FIrN3O2-2. The van der Waals surface area contributed by atoms with Crippen LogP contribution in [0.5, 0.6) is 0 Å². The van der Waals surface area contributed by atoms with Gasteiger partial charge >= 0.3 is 0 Å². The first-order chi connectivity index (χ1) is 27.2. The average molecular weight is 922 g/mol. The first-order valence-corrected chi connectivity index (χ1v) is 18.5. The van der Waals surface area contributed by atoms with Crippen LogP contribution in [0.4, 0.5) is 4.39 Å². The van der Waals surface area contributed by atoms with Gasteiger partial charge in [0.2, 0.25) is 5.71 Å². The Labute approximate surface area is 343 Å². The summed E-state index contributed by atoms with van der Waals surface area (Å²) in [6, 6.07) is 49.7. The van der Waals surface area contributed by atoms with Gasteiger partial charge in [0.25, 0.3) is 0 Å². The second kappa shape index (κ2) is 15.3. The molecule has 0 unspecified atom stereocenters. The molecule has 0 saturated heterocycles. The van der Waals surface area contributed by atoms with Crippen LogP contribution < -0.4 is 0 Å². The fraction of sp³-hybridized carbons (Fsp3) is 0.100. The molecule has 1 radical (unpaired) electrons. The number of aryl methyl sites for hydroxylation is 2. The molecule has 0 atom stereocenters. The molecule has 0 aliphatic carbocycles. The summed E-state index contributed by atoms with van der Waals surface area (Å²) in [6.45, 7) is 8.44. The van der Waals surface area contributed by atoms with Crippen LogP contribution in [0.3, 0.4) is 0 Å². The van der Waals surface area contributed by atoms with Crippen LogP contribution in [-0.2, 0) is 25.5 Å². The monoisotopic (exact) mass is 922 g/mol. The van der Waals surface area contributed by atoms with Crippen molar-refractivity contribution in [1.82, 2.24) is 15.0 Å². The summed E-state index contributed by atoms with van der Waals surface area (Å²) in [7, 11) is 0. The van der Waals surface area contributed by atoms with E-state index in [0.29, 0.717) is 11.3 Å². The Morgan fingerprint density at radius 2 is 1.28 bits per heavy atom. The molecular weight excluding hydrogens is 886 g/mol. The molecule has 0 fully saturated rings. The minimum Gasteiger partial charge on any atom is -0.501 e. The van der Waals surface area contributed by atoms with Gasteiger partial charge in [-0.25, -0.2) is 9.37 Å². The number of fused-ring (bicyclic) bond motifs is 6. The molecule has 10 aromatic rings. The van der Waals surface area contributed by atoms with E-state index in [1.54, 1.807) is 18.3 Å². The molecule has 0 N–H and O–H groups in total. The van der Waals surface area contributed by atoms with Crippen LogP contribution in [-0.4, -0.2) is 15.0 Å². The summed E-state index contributed by atoms with van der Waals surface area (Å²) in [6.07, 6.45) is 3.62. The molecule has 281 valence electrons. The number of hydrogen-bond donors (Lipinski definition) is 0. The molecule has 0 saturated carbocycles. The van der Waals surface area contributed by atoms with Crippen LogP contribution in [0.2, 0.25) is 0 Å². The van der Waals surface area contributed by atoms with Gasteiger partial charge in [0.1, 0.15) is 11.4 Å². The zero-order valence-corrected chi connectivity index (χ0v) is 34.1. The zero-order valence-electron chi connectivity index (χ0n) is 31.7. The number of benzene rings is 5. The normalized spacial score (nSPS) is 11.5. The summed E-state index contributed by atoms with van der Waals surface area (Å²) >= 11 is 0. The van der Waals surface area contributed by atoms with E-state index in [4.69, 9.17) is 13.8 Å². The molecule has 0 aliphatic heterocycles. The first-order valence-electron chi connectivity index (χ1n) is 18.5. The Balaban J connectivity index is 0.000000177. The summed E-state index contributed by atoms with van der Waals surface area (Å²) in [5.74, 6) is -0.259. The molecule has 5 aromatic heterocycles. The molecule has 0 spiro atoms. The number of furan rings is 2. The van der Waals surface area contributed by atoms with Crippen molar-refractivity contribution < 1.29 is 33.3 Å². The van der Waals surface area contributed by atoms with E-state index >= 15 is 0 Å². The number of nitrogens with zero attached hydrogens (tertiary/aromatic N) is 3. The minimum atomic E-state index is -0.269. The number of aromatic nitrogens is 3. The number of halogens is 1. The predicted molar refractivity (Wildman–Crippen MR) is 223 cm³/mol. The van der Waals surface area contributed by atoms with Crippen LogP contribution in [0.1, 0.15) is 36.2 Å². The van der Waals surface area contributed by atoms with Gasteiger partial charge in [0.05, 0.1) is 16.9 Å².